The van der Waals surface area contributed by atoms with Gasteiger partial charge in [-0.2, -0.15) is 0 Å². The number of H-pyrrole nitrogens is 1. The van der Waals surface area contributed by atoms with Gasteiger partial charge in [-0.25, -0.2) is 0 Å². The number of rotatable bonds is 2. The Hall–Kier alpha value is -0.260. The summed E-state index contributed by atoms with van der Waals surface area (Å²) >= 11 is 8.28. The van der Waals surface area contributed by atoms with E-state index in [4.69, 9.17) is 17.3 Å². The fourth-order valence-electron chi connectivity index (χ4n) is 1.57. The fraction of sp³-hybridized carbons (Fsp3) is 0.200. The van der Waals surface area contributed by atoms with Crippen LogP contribution in [-0.2, 0) is 6.42 Å². The summed E-state index contributed by atoms with van der Waals surface area (Å²) in [6, 6.07) is 3.94. The summed E-state index contributed by atoms with van der Waals surface area (Å²) in [5.74, 6) is 0. The number of fused-ring (bicyclic) bond motifs is 1. The van der Waals surface area contributed by atoms with Crippen molar-refractivity contribution < 1.29 is 0 Å². The zero-order chi connectivity index (χ0) is 10.1. The molecule has 0 aliphatic rings. The third kappa shape index (κ3) is 1.76. The fourth-order valence-corrected chi connectivity index (χ4v) is 2.76. The highest BCUT2D eigenvalue weighted by molar-refractivity contribution is 14.1. The largest absolute Gasteiger partial charge is 0.360 e. The van der Waals surface area contributed by atoms with Gasteiger partial charge in [0.2, 0.25) is 0 Å². The summed E-state index contributed by atoms with van der Waals surface area (Å²) in [4.78, 5) is 3.25. The Morgan fingerprint density at radius 1 is 1.43 bits per heavy atom. The van der Waals surface area contributed by atoms with Crippen LogP contribution in [0.1, 0.15) is 5.56 Å². The van der Waals surface area contributed by atoms with Gasteiger partial charge in [-0.3, -0.25) is 0 Å². The Bertz CT molecular complexity index is 464. The number of aromatic amines is 1. The zero-order valence-corrected chi connectivity index (χ0v) is 10.4. The molecule has 0 fully saturated rings. The van der Waals surface area contributed by atoms with E-state index in [1.165, 1.54) is 10.9 Å². The molecule has 14 heavy (non-hydrogen) atoms. The highest BCUT2D eigenvalue weighted by Gasteiger charge is 2.06. The second-order valence-corrected chi connectivity index (χ2v) is 4.76. The molecule has 1 heterocycles. The van der Waals surface area contributed by atoms with E-state index in [2.05, 4.69) is 27.6 Å². The van der Waals surface area contributed by atoms with Crippen LogP contribution in [-0.4, -0.2) is 11.5 Å². The molecule has 74 valence electrons. The molecule has 0 unspecified atom stereocenters. The van der Waals surface area contributed by atoms with Gasteiger partial charge < -0.3 is 10.7 Å². The lowest BCUT2D eigenvalue weighted by Crippen LogP contribution is -2.01. The summed E-state index contributed by atoms with van der Waals surface area (Å²) < 4.78 is 1.15. The number of hydrogen-bond acceptors (Lipinski definition) is 1. The van der Waals surface area contributed by atoms with E-state index in [0.29, 0.717) is 6.54 Å². The van der Waals surface area contributed by atoms with E-state index in [1.807, 2.05) is 18.3 Å². The molecule has 0 radical (unpaired) electrons. The quantitative estimate of drug-likeness (QED) is 0.821. The smallest absolute Gasteiger partial charge is 0.0593 e. The molecule has 2 nitrogen and oxygen atoms in total. The van der Waals surface area contributed by atoms with Crippen LogP contribution in [0.5, 0.6) is 0 Å². The van der Waals surface area contributed by atoms with Gasteiger partial charge in [0.05, 0.1) is 5.52 Å². The minimum absolute atomic E-state index is 0.663. The maximum Gasteiger partial charge on any atom is 0.0593 e. The Labute approximate surface area is 101 Å². The van der Waals surface area contributed by atoms with Crippen molar-refractivity contribution in [3.63, 3.8) is 0 Å². The normalized spacial score (nSPS) is 11.1. The Morgan fingerprint density at radius 3 is 2.93 bits per heavy atom. The lowest BCUT2D eigenvalue weighted by Gasteiger charge is -1.98. The molecule has 1 aromatic carbocycles. The minimum Gasteiger partial charge on any atom is -0.360 e. The molecule has 2 rings (SSSR count). The van der Waals surface area contributed by atoms with Gasteiger partial charge in [0.25, 0.3) is 0 Å². The Balaban J connectivity index is 2.66. The van der Waals surface area contributed by atoms with E-state index < -0.39 is 0 Å². The van der Waals surface area contributed by atoms with Gasteiger partial charge in [-0.15, -0.1) is 0 Å². The van der Waals surface area contributed by atoms with Gasteiger partial charge in [-0.1, -0.05) is 11.6 Å². The monoisotopic (exact) mass is 320 g/mol. The first-order valence-electron chi connectivity index (χ1n) is 4.37. The molecule has 4 heteroatoms. The van der Waals surface area contributed by atoms with Gasteiger partial charge in [0, 0.05) is 20.2 Å². The van der Waals surface area contributed by atoms with E-state index >= 15 is 0 Å². The van der Waals surface area contributed by atoms with Crippen LogP contribution in [0.25, 0.3) is 10.9 Å². The molecule has 0 spiro atoms. The van der Waals surface area contributed by atoms with E-state index in [-0.39, 0.29) is 0 Å². The lowest BCUT2D eigenvalue weighted by molar-refractivity contribution is 0.976. The van der Waals surface area contributed by atoms with Crippen LogP contribution in [0.4, 0.5) is 0 Å². The number of nitrogens with one attached hydrogen (secondary N) is 1. The molecule has 0 saturated carbocycles. The zero-order valence-electron chi connectivity index (χ0n) is 7.48. The second kappa shape index (κ2) is 4.08. The van der Waals surface area contributed by atoms with Crippen molar-refractivity contribution in [1.29, 1.82) is 0 Å². The van der Waals surface area contributed by atoms with Crippen LogP contribution in [0.3, 0.4) is 0 Å². The highest BCUT2D eigenvalue weighted by Crippen LogP contribution is 2.27. The summed E-state index contributed by atoms with van der Waals surface area (Å²) in [7, 11) is 0. The number of hydrogen-bond donors (Lipinski definition) is 2. The molecule has 0 aliphatic heterocycles. The Kier molecular flexibility index (Phi) is 2.99. The topological polar surface area (TPSA) is 41.8 Å². The maximum atomic E-state index is 6.00. The lowest BCUT2D eigenvalue weighted by atomic mass is 10.1. The van der Waals surface area contributed by atoms with Gasteiger partial charge >= 0.3 is 0 Å². The third-order valence-corrected chi connectivity index (χ3v) is 3.27. The predicted octanol–water partition coefficient (Wildman–Crippen LogP) is 2.93. The average Bonchev–Trinajstić information content (AvgIpc) is 2.49. The van der Waals surface area contributed by atoms with Crippen molar-refractivity contribution in [3.05, 3.63) is 32.5 Å². The number of aromatic nitrogens is 1. The molecule has 1 aromatic heterocycles. The first-order valence-corrected chi connectivity index (χ1v) is 5.83. The van der Waals surface area contributed by atoms with Crippen LogP contribution < -0.4 is 5.73 Å². The van der Waals surface area contributed by atoms with Crippen molar-refractivity contribution >= 4 is 45.1 Å². The van der Waals surface area contributed by atoms with Crippen molar-refractivity contribution in [1.82, 2.24) is 4.98 Å². The Morgan fingerprint density at radius 2 is 2.21 bits per heavy atom. The molecule has 0 amide bonds. The third-order valence-electron chi connectivity index (χ3n) is 2.21. The molecule has 0 saturated heterocycles. The van der Waals surface area contributed by atoms with Gasteiger partial charge in [-0.05, 0) is 53.3 Å². The molecular weight excluding hydrogens is 310 g/mol. The van der Waals surface area contributed by atoms with Gasteiger partial charge in [0.1, 0.15) is 0 Å². The van der Waals surface area contributed by atoms with Crippen LogP contribution in [0.2, 0.25) is 5.02 Å². The summed E-state index contributed by atoms with van der Waals surface area (Å²) in [5.41, 5.74) is 7.93. The van der Waals surface area contributed by atoms with Crippen LogP contribution in [0.15, 0.2) is 18.3 Å². The molecule has 0 atom stereocenters. The maximum absolute atomic E-state index is 6.00. The molecular formula is C10H10ClIN2. The average molecular weight is 321 g/mol. The van der Waals surface area contributed by atoms with Crippen molar-refractivity contribution in [2.75, 3.05) is 6.54 Å². The first kappa shape index (κ1) is 10.3. The number of benzene rings is 1. The van der Waals surface area contributed by atoms with Crippen LogP contribution in [0, 0.1) is 3.57 Å². The van der Waals surface area contributed by atoms with Crippen molar-refractivity contribution in [2.45, 2.75) is 6.42 Å². The van der Waals surface area contributed by atoms with Gasteiger partial charge in [0.15, 0.2) is 0 Å². The molecule has 0 aliphatic carbocycles. The van der Waals surface area contributed by atoms with Crippen molar-refractivity contribution in [3.8, 4) is 0 Å². The van der Waals surface area contributed by atoms with E-state index in [9.17, 15) is 0 Å². The van der Waals surface area contributed by atoms with Crippen LogP contribution >= 0.6 is 34.2 Å². The van der Waals surface area contributed by atoms with E-state index in [0.717, 1.165) is 20.5 Å². The predicted molar refractivity (Wildman–Crippen MR) is 68.8 cm³/mol. The summed E-state index contributed by atoms with van der Waals surface area (Å²) in [6.45, 7) is 0.663. The molecule has 2 aromatic rings. The standard InChI is InChI=1S/C10H10ClIN2/c11-7-3-8-6(1-2-13)5-14-10(8)9(12)4-7/h3-5,14H,1-2,13H2. The summed E-state index contributed by atoms with van der Waals surface area (Å²) in [6.07, 6.45) is 2.90. The second-order valence-electron chi connectivity index (χ2n) is 3.16. The minimum atomic E-state index is 0.663. The number of nitrogens with two attached hydrogens (primary N) is 1. The molecule has 3 N–H and O–H groups in total. The molecule has 0 bridgehead atoms. The SMILES string of the molecule is NCCc1c[nH]c2c(I)cc(Cl)cc12. The highest BCUT2D eigenvalue weighted by atomic mass is 127. The van der Waals surface area contributed by atoms with Crippen molar-refractivity contribution in [2.24, 2.45) is 5.73 Å². The number of halogens is 2. The summed E-state index contributed by atoms with van der Waals surface area (Å²) in [5, 5.41) is 1.96. The first-order chi connectivity index (χ1) is 6.72. The van der Waals surface area contributed by atoms with E-state index in [1.54, 1.807) is 0 Å².